The molecule has 10 heteroatoms. The van der Waals surface area contributed by atoms with Gasteiger partial charge in [-0.15, -0.1) is 0 Å². The number of rotatable bonds is 5. The van der Waals surface area contributed by atoms with E-state index < -0.39 is 35.3 Å². The maximum Gasteiger partial charge on any atom is 0.404 e. The van der Waals surface area contributed by atoms with Gasteiger partial charge in [-0.3, -0.25) is 0 Å². The second kappa shape index (κ2) is 8.29. The minimum absolute atomic E-state index is 0.0121. The molecule has 0 saturated carbocycles. The van der Waals surface area contributed by atoms with E-state index in [4.69, 9.17) is 20.9 Å². The van der Waals surface area contributed by atoms with E-state index in [0.29, 0.717) is 6.07 Å². The van der Waals surface area contributed by atoms with E-state index in [9.17, 15) is 26.3 Å². The van der Waals surface area contributed by atoms with E-state index in [1.165, 1.54) is 42.5 Å². The lowest BCUT2D eigenvalue weighted by Gasteiger charge is -2.26. The molecule has 3 aromatic carbocycles. The number of nitrogen functional groups attached to an aromatic ring is 2. The quantitative estimate of drug-likeness (QED) is 0.343. The molecule has 0 bridgehead atoms. The van der Waals surface area contributed by atoms with Crippen molar-refractivity contribution in [3.63, 3.8) is 0 Å². The van der Waals surface area contributed by atoms with Crippen molar-refractivity contribution in [2.24, 2.45) is 0 Å². The maximum atomic E-state index is 13.5. The molecule has 3 aromatic rings. The number of anilines is 2. The highest BCUT2D eigenvalue weighted by Gasteiger charge is 2.58. The van der Waals surface area contributed by atoms with Crippen LogP contribution in [-0.2, 0) is 0 Å². The molecule has 0 saturated heterocycles. The van der Waals surface area contributed by atoms with Gasteiger partial charge in [-0.25, -0.2) is 0 Å². The number of benzene rings is 3. The van der Waals surface area contributed by atoms with Crippen molar-refractivity contribution < 1.29 is 35.8 Å². The normalized spacial score (nSPS) is 12.1. The fraction of sp³-hybridized carbons (Fsp3) is 0.143. The fourth-order valence-electron chi connectivity index (χ4n) is 2.86. The van der Waals surface area contributed by atoms with Crippen molar-refractivity contribution in [1.82, 2.24) is 0 Å². The Hall–Kier alpha value is -3.56. The van der Waals surface area contributed by atoms with Crippen LogP contribution < -0.4 is 20.9 Å². The van der Waals surface area contributed by atoms with E-state index in [2.05, 4.69) is 0 Å². The number of ether oxygens (including phenoxy) is 2. The number of halogens is 6. The lowest BCUT2D eigenvalue weighted by atomic mass is 9.96. The zero-order valence-corrected chi connectivity index (χ0v) is 15.7. The van der Waals surface area contributed by atoms with Gasteiger partial charge in [0.05, 0.1) is 11.4 Å². The predicted molar refractivity (Wildman–Crippen MR) is 103 cm³/mol. The molecular weight excluding hydrogens is 426 g/mol. The van der Waals surface area contributed by atoms with Crippen LogP contribution in [0.2, 0.25) is 0 Å². The van der Waals surface area contributed by atoms with Crippen molar-refractivity contribution in [3.05, 3.63) is 72.3 Å². The minimum atomic E-state index is -5.64. The number of hydrogen-bond acceptors (Lipinski definition) is 4. The van der Waals surface area contributed by atoms with Gasteiger partial charge in [-0.1, -0.05) is 36.4 Å². The Morgan fingerprint density at radius 2 is 1.03 bits per heavy atom. The van der Waals surface area contributed by atoms with Crippen LogP contribution in [0.25, 0.3) is 0 Å². The van der Waals surface area contributed by atoms with Gasteiger partial charge in [0.1, 0.15) is 0 Å². The molecular formula is C21H16F6N2O2. The molecule has 0 heterocycles. The highest BCUT2D eigenvalue weighted by atomic mass is 19.4. The van der Waals surface area contributed by atoms with Gasteiger partial charge in [0.2, 0.25) is 0 Å². The van der Waals surface area contributed by atoms with Gasteiger partial charge in [0.25, 0.3) is 0 Å². The van der Waals surface area contributed by atoms with Crippen molar-refractivity contribution in [3.8, 4) is 23.0 Å². The molecule has 0 amide bonds. The smallest absolute Gasteiger partial charge is 0.404 e. The topological polar surface area (TPSA) is 70.5 Å². The van der Waals surface area contributed by atoms with Gasteiger partial charge in [-0.05, 0) is 30.3 Å². The highest BCUT2D eigenvalue weighted by Crippen LogP contribution is 2.52. The Kier molecular flexibility index (Phi) is 5.92. The van der Waals surface area contributed by atoms with Gasteiger partial charge in [0.15, 0.2) is 28.9 Å². The second-order valence-electron chi connectivity index (χ2n) is 6.47. The average Bonchev–Trinajstić information content (AvgIpc) is 2.65. The van der Waals surface area contributed by atoms with Gasteiger partial charge >= 0.3 is 12.4 Å². The molecule has 0 aliphatic heterocycles. The van der Waals surface area contributed by atoms with Crippen molar-refractivity contribution >= 4 is 11.4 Å². The van der Waals surface area contributed by atoms with Crippen LogP contribution >= 0.6 is 0 Å². The lowest BCUT2D eigenvalue weighted by molar-refractivity contribution is -0.253. The lowest BCUT2D eigenvalue weighted by Crippen LogP contribution is -2.34. The zero-order chi connectivity index (χ0) is 22.8. The van der Waals surface area contributed by atoms with Gasteiger partial charge in [-0.2, -0.15) is 26.3 Å². The molecule has 3 rings (SSSR count). The summed E-state index contributed by atoms with van der Waals surface area (Å²) >= 11 is 0. The Morgan fingerprint density at radius 1 is 0.581 bits per heavy atom. The Morgan fingerprint density at radius 3 is 1.52 bits per heavy atom. The number of nitrogens with two attached hydrogens (primary N) is 2. The molecule has 0 spiro atoms. The van der Waals surface area contributed by atoms with Crippen LogP contribution in [0.5, 0.6) is 23.0 Å². The van der Waals surface area contributed by atoms with Crippen molar-refractivity contribution in [2.45, 2.75) is 18.3 Å². The van der Waals surface area contributed by atoms with E-state index in [-0.39, 0.29) is 22.9 Å². The second-order valence-corrected chi connectivity index (χ2v) is 6.47. The largest absolute Gasteiger partial charge is 0.451 e. The zero-order valence-electron chi connectivity index (χ0n) is 15.7. The molecule has 4 nitrogen and oxygen atoms in total. The van der Waals surface area contributed by atoms with Crippen molar-refractivity contribution in [1.29, 1.82) is 0 Å². The fourth-order valence-corrected chi connectivity index (χ4v) is 2.86. The summed E-state index contributed by atoms with van der Waals surface area (Å²) in [5, 5.41) is 0. The third-order valence-corrected chi connectivity index (χ3v) is 4.24. The number of hydrogen-bond donors (Lipinski definition) is 2. The number of para-hydroxylation sites is 5. The third kappa shape index (κ3) is 4.96. The summed E-state index contributed by atoms with van der Waals surface area (Å²) in [6.45, 7) is 0. The molecule has 0 atom stereocenters. The first kappa shape index (κ1) is 22.1. The molecule has 0 aliphatic rings. The molecule has 0 fully saturated rings. The summed E-state index contributed by atoms with van der Waals surface area (Å²) in [4.78, 5) is 0. The Labute approximate surface area is 173 Å². The Balaban J connectivity index is 2.21. The van der Waals surface area contributed by atoms with Crippen LogP contribution in [0, 0.1) is 0 Å². The predicted octanol–water partition coefficient (Wildman–Crippen LogP) is 6.64. The Bertz CT molecular complexity index is 1050. The molecule has 0 radical (unpaired) electrons. The molecule has 31 heavy (non-hydrogen) atoms. The molecule has 164 valence electrons. The summed E-state index contributed by atoms with van der Waals surface area (Å²) in [5.74, 6) is -5.08. The van der Waals surface area contributed by atoms with Gasteiger partial charge in [0, 0.05) is 5.56 Å². The average molecular weight is 442 g/mol. The van der Waals surface area contributed by atoms with Crippen LogP contribution in [0.4, 0.5) is 37.7 Å². The molecule has 0 aromatic heterocycles. The minimum Gasteiger partial charge on any atom is -0.451 e. The van der Waals surface area contributed by atoms with E-state index >= 15 is 0 Å². The van der Waals surface area contributed by atoms with Crippen molar-refractivity contribution in [2.75, 3.05) is 11.5 Å². The van der Waals surface area contributed by atoms with Crippen LogP contribution in [0.15, 0.2) is 66.7 Å². The maximum absolute atomic E-state index is 13.5. The first-order chi connectivity index (χ1) is 14.5. The monoisotopic (exact) mass is 442 g/mol. The first-order valence-electron chi connectivity index (χ1n) is 8.79. The SMILES string of the molecule is Nc1ccccc1Oc1cccc(C(C(F)(F)F)C(F)(F)F)c1Oc1ccccc1N. The van der Waals surface area contributed by atoms with Gasteiger partial charge < -0.3 is 20.9 Å². The summed E-state index contributed by atoms with van der Waals surface area (Å²) in [5.41, 5.74) is 10.5. The summed E-state index contributed by atoms with van der Waals surface area (Å²) < 4.78 is 91.8. The number of alkyl halides is 6. The van der Waals surface area contributed by atoms with E-state index in [1.54, 1.807) is 12.1 Å². The molecule has 0 aliphatic carbocycles. The molecule has 4 N–H and O–H groups in total. The van der Waals surface area contributed by atoms with E-state index in [0.717, 1.165) is 6.07 Å². The van der Waals surface area contributed by atoms with E-state index in [1.807, 2.05) is 0 Å². The third-order valence-electron chi connectivity index (χ3n) is 4.24. The first-order valence-corrected chi connectivity index (χ1v) is 8.79. The molecule has 0 unspecified atom stereocenters. The highest BCUT2D eigenvalue weighted by molar-refractivity contribution is 5.60. The van der Waals surface area contributed by atoms with Crippen LogP contribution in [0.3, 0.4) is 0 Å². The van der Waals surface area contributed by atoms with Crippen LogP contribution in [-0.4, -0.2) is 12.4 Å². The summed E-state index contributed by atoms with van der Waals surface area (Å²) in [6.07, 6.45) is -11.3. The standard InChI is InChI=1S/C21H16F6N2O2/c22-20(23,24)19(21(25,26)27)12-6-5-11-17(30-15-9-3-1-7-13(15)28)18(12)31-16-10-4-2-8-14(16)29/h1-11,19H,28-29H2. The van der Waals surface area contributed by atoms with Crippen LogP contribution in [0.1, 0.15) is 11.5 Å². The summed E-state index contributed by atoms with van der Waals surface area (Å²) in [7, 11) is 0. The summed E-state index contributed by atoms with van der Waals surface area (Å²) in [6, 6.07) is 14.6.